The molecule has 6 nitrogen and oxygen atoms in total. The molecule has 0 aliphatic rings. The van der Waals surface area contributed by atoms with Crippen LogP contribution >= 0.6 is 0 Å². The summed E-state index contributed by atoms with van der Waals surface area (Å²) in [7, 11) is 3.09. The third-order valence-corrected chi connectivity index (χ3v) is 3.47. The van der Waals surface area contributed by atoms with Gasteiger partial charge in [-0.2, -0.15) is 0 Å². The van der Waals surface area contributed by atoms with Gasteiger partial charge < -0.3 is 19.2 Å². The van der Waals surface area contributed by atoms with Gasteiger partial charge in [0.2, 0.25) is 0 Å². The van der Waals surface area contributed by atoms with E-state index in [-0.39, 0.29) is 5.91 Å². The van der Waals surface area contributed by atoms with Gasteiger partial charge in [-0.1, -0.05) is 0 Å². The topological polar surface area (TPSA) is 64.9 Å². The van der Waals surface area contributed by atoms with Gasteiger partial charge in [-0.25, -0.2) is 4.98 Å². The Balaban J connectivity index is 1.94. The van der Waals surface area contributed by atoms with Gasteiger partial charge in [0, 0.05) is 24.0 Å². The predicted octanol–water partition coefficient (Wildman–Crippen LogP) is 2.91. The van der Waals surface area contributed by atoms with E-state index in [0.29, 0.717) is 28.4 Å². The molecule has 1 N–H and O–H groups in total. The number of ether oxygens (including phenoxy) is 2. The van der Waals surface area contributed by atoms with E-state index in [1.807, 2.05) is 35.9 Å². The number of amides is 1. The molecular formula is C17H17N3O3. The van der Waals surface area contributed by atoms with Crippen molar-refractivity contribution in [2.75, 3.05) is 19.5 Å². The first-order chi connectivity index (χ1) is 11.1. The number of benzene rings is 1. The Kier molecular flexibility index (Phi) is 3.89. The van der Waals surface area contributed by atoms with Crippen molar-refractivity contribution in [2.45, 2.75) is 6.92 Å². The quantitative estimate of drug-likeness (QED) is 0.804. The van der Waals surface area contributed by atoms with Crippen LogP contribution in [-0.4, -0.2) is 29.5 Å². The van der Waals surface area contributed by atoms with Crippen LogP contribution in [0.15, 0.2) is 42.7 Å². The van der Waals surface area contributed by atoms with E-state index in [1.54, 1.807) is 32.4 Å². The van der Waals surface area contributed by atoms with E-state index in [1.165, 1.54) is 0 Å². The lowest BCUT2D eigenvalue weighted by Gasteiger charge is -2.10. The van der Waals surface area contributed by atoms with Crippen LogP contribution in [0.2, 0.25) is 0 Å². The Hall–Kier alpha value is -3.02. The number of anilines is 1. The fraction of sp³-hybridized carbons (Fsp3) is 0.176. The maximum absolute atomic E-state index is 12.5. The molecule has 0 spiro atoms. The molecule has 2 aromatic heterocycles. The highest BCUT2D eigenvalue weighted by Gasteiger charge is 2.12. The largest absolute Gasteiger partial charge is 0.497 e. The molecule has 6 heteroatoms. The third-order valence-electron chi connectivity index (χ3n) is 3.47. The summed E-state index contributed by atoms with van der Waals surface area (Å²) in [6.07, 6.45) is 3.79. The van der Waals surface area contributed by atoms with Gasteiger partial charge in [0.1, 0.15) is 11.5 Å². The Labute approximate surface area is 133 Å². The van der Waals surface area contributed by atoms with Gasteiger partial charge in [-0.05, 0) is 31.2 Å². The van der Waals surface area contributed by atoms with Crippen molar-refractivity contribution < 1.29 is 14.3 Å². The number of pyridine rings is 1. The summed E-state index contributed by atoms with van der Waals surface area (Å²) in [4.78, 5) is 17.0. The molecule has 0 unspecified atom stereocenters. The molecule has 2 heterocycles. The molecular weight excluding hydrogens is 294 g/mol. The van der Waals surface area contributed by atoms with Gasteiger partial charge in [-0.15, -0.1) is 0 Å². The average Bonchev–Trinajstić information content (AvgIpc) is 2.95. The number of hydrogen-bond acceptors (Lipinski definition) is 4. The minimum atomic E-state index is -0.254. The number of nitrogens with one attached hydrogen (secondary N) is 1. The normalized spacial score (nSPS) is 10.6. The number of aromatic nitrogens is 2. The maximum Gasteiger partial charge on any atom is 0.256 e. The Morgan fingerprint density at radius 2 is 1.87 bits per heavy atom. The van der Waals surface area contributed by atoms with Crippen molar-refractivity contribution in [1.82, 2.24) is 9.38 Å². The Bertz CT molecular complexity index is 848. The van der Waals surface area contributed by atoms with Crippen LogP contribution in [0.25, 0.3) is 5.65 Å². The summed E-state index contributed by atoms with van der Waals surface area (Å²) in [6, 6.07) is 8.71. The monoisotopic (exact) mass is 311 g/mol. The van der Waals surface area contributed by atoms with Crippen LogP contribution in [0.3, 0.4) is 0 Å². The summed E-state index contributed by atoms with van der Waals surface area (Å²) in [5.41, 5.74) is 2.68. The van der Waals surface area contributed by atoms with Crippen LogP contribution in [0, 0.1) is 6.92 Å². The first kappa shape index (κ1) is 14.9. The molecule has 1 aromatic carbocycles. The van der Waals surface area contributed by atoms with E-state index in [0.717, 1.165) is 5.69 Å². The first-order valence-electron chi connectivity index (χ1n) is 7.09. The zero-order valence-electron chi connectivity index (χ0n) is 13.2. The molecule has 1 amide bonds. The number of imidazole rings is 1. The summed E-state index contributed by atoms with van der Waals surface area (Å²) < 4.78 is 12.3. The van der Waals surface area contributed by atoms with Crippen molar-refractivity contribution in [2.24, 2.45) is 0 Å². The van der Waals surface area contributed by atoms with Gasteiger partial charge in [0.25, 0.3) is 5.91 Å². The predicted molar refractivity (Wildman–Crippen MR) is 87.4 cm³/mol. The number of carbonyl (C=O) groups is 1. The standard InChI is InChI=1S/C17H17N3O3/c1-11-10-20-6-4-5-15(16(20)18-11)19-17(21)12-7-13(22-2)9-14(8-12)23-3/h4-10H,1-3H3,(H,19,21). The summed E-state index contributed by atoms with van der Waals surface area (Å²) in [5.74, 6) is 0.865. The molecule has 0 fully saturated rings. The van der Waals surface area contributed by atoms with Gasteiger partial charge in [-0.3, -0.25) is 4.79 Å². The van der Waals surface area contributed by atoms with Crippen molar-refractivity contribution in [3.8, 4) is 11.5 Å². The fourth-order valence-corrected chi connectivity index (χ4v) is 2.37. The van der Waals surface area contributed by atoms with Crippen molar-refractivity contribution in [3.05, 3.63) is 54.0 Å². The molecule has 118 valence electrons. The van der Waals surface area contributed by atoms with Crippen LogP contribution in [0.4, 0.5) is 5.69 Å². The zero-order chi connectivity index (χ0) is 16.4. The lowest BCUT2D eigenvalue weighted by molar-refractivity contribution is 0.102. The lowest BCUT2D eigenvalue weighted by Crippen LogP contribution is -2.13. The molecule has 23 heavy (non-hydrogen) atoms. The Morgan fingerprint density at radius 1 is 1.17 bits per heavy atom. The summed E-state index contributed by atoms with van der Waals surface area (Å²) in [6.45, 7) is 1.91. The molecule has 0 aliphatic carbocycles. The molecule has 0 atom stereocenters. The van der Waals surface area contributed by atoms with Crippen molar-refractivity contribution >= 4 is 17.2 Å². The van der Waals surface area contributed by atoms with E-state index >= 15 is 0 Å². The minimum absolute atomic E-state index is 0.254. The molecule has 0 saturated heterocycles. The zero-order valence-corrected chi connectivity index (χ0v) is 13.2. The van der Waals surface area contributed by atoms with E-state index in [2.05, 4.69) is 10.3 Å². The number of methoxy groups -OCH3 is 2. The average molecular weight is 311 g/mol. The highest BCUT2D eigenvalue weighted by Crippen LogP contribution is 2.24. The smallest absolute Gasteiger partial charge is 0.256 e. The minimum Gasteiger partial charge on any atom is -0.497 e. The number of aryl methyl sites for hydroxylation is 1. The SMILES string of the molecule is COc1cc(OC)cc(C(=O)Nc2cccn3cc(C)nc23)c1. The second-order valence-corrected chi connectivity index (χ2v) is 5.09. The Morgan fingerprint density at radius 3 is 2.52 bits per heavy atom. The molecule has 0 radical (unpaired) electrons. The van der Waals surface area contributed by atoms with E-state index in [9.17, 15) is 4.79 Å². The highest BCUT2D eigenvalue weighted by atomic mass is 16.5. The molecule has 0 saturated carbocycles. The van der Waals surface area contributed by atoms with E-state index < -0.39 is 0 Å². The van der Waals surface area contributed by atoms with Crippen LogP contribution in [-0.2, 0) is 0 Å². The van der Waals surface area contributed by atoms with Crippen molar-refractivity contribution in [1.29, 1.82) is 0 Å². The fourth-order valence-electron chi connectivity index (χ4n) is 2.37. The number of hydrogen-bond donors (Lipinski definition) is 1. The van der Waals surface area contributed by atoms with Crippen molar-refractivity contribution in [3.63, 3.8) is 0 Å². The lowest BCUT2D eigenvalue weighted by atomic mass is 10.2. The second-order valence-electron chi connectivity index (χ2n) is 5.09. The molecule has 0 bridgehead atoms. The number of nitrogens with zero attached hydrogens (tertiary/aromatic N) is 2. The maximum atomic E-state index is 12.5. The summed E-state index contributed by atoms with van der Waals surface area (Å²) >= 11 is 0. The number of rotatable bonds is 4. The van der Waals surface area contributed by atoms with Gasteiger partial charge in [0.15, 0.2) is 5.65 Å². The van der Waals surface area contributed by atoms with Crippen LogP contribution in [0.1, 0.15) is 16.1 Å². The number of carbonyl (C=O) groups excluding carboxylic acids is 1. The number of fused-ring (bicyclic) bond motifs is 1. The van der Waals surface area contributed by atoms with Gasteiger partial charge >= 0.3 is 0 Å². The second kappa shape index (κ2) is 6.00. The van der Waals surface area contributed by atoms with Gasteiger partial charge in [0.05, 0.1) is 25.6 Å². The van der Waals surface area contributed by atoms with Crippen LogP contribution < -0.4 is 14.8 Å². The molecule has 0 aliphatic heterocycles. The highest BCUT2D eigenvalue weighted by molar-refractivity contribution is 6.06. The summed E-state index contributed by atoms with van der Waals surface area (Å²) in [5, 5.41) is 2.88. The molecule has 3 rings (SSSR count). The molecule has 3 aromatic rings. The van der Waals surface area contributed by atoms with Crippen LogP contribution in [0.5, 0.6) is 11.5 Å². The van der Waals surface area contributed by atoms with E-state index in [4.69, 9.17) is 9.47 Å². The third kappa shape index (κ3) is 2.96. The first-order valence-corrected chi connectivity index (χ1v) is 7.09.